The van der Waals surface area contributed by atoms with Crippen molar-refractivity contribution in [3.05, 3.63) is 60.0 Å². The van der Waals surface area contributed by atoms with Gasteiger partial charge in [0.15, 0.2) is 0 Å². The molecule has 0 aliphatic rings. The van der Waals surface area contributed by atoms with Crippen LogP contribution >= 0.6 is 0 Å². The van der Waals surface area contributed by atoms with E-state index in [0.29, 0.717) is 6.42 Å². The van der Waals surface area contributed by atoms with Crippen LogP contribution in [-0.4, -0.2) is 10.1 Å². The zero-order valence-corrected chi connectivity index (χ0v) is 11.9. The molecule has 0 aliphatic carbocycles. The zero-order chi connectivity index (χ0) is 14.0. The number of aliphatic hydroxyl groups is 1. The van der Waals surface area contributed by atoms with Crippen molar-refractivity contribution in [2.45, 2.75) is 40.2 Å². The Morgan fingerprint density at radius 2 is 2.11 bits per heavy atom. The predicted octanol–water partition coefficient (Wildman–Crippen LogP) is 4.46. The summed E-state index contributed by atoms with van der Waals surface area (Å²) >= 11 is 0. The summed E-state index contributed by atoms with van der Waals surface area (Å²) in [5.41, 5.74) is 3.03. The van der Waals surface area contributed by atoms with E-state index in [1.165, 1.54) is 0 Å². The molecular formula is C16H25NO. The molecule has 1 unspecified atom stereocenters. The van der Waals surface area contributed by atoms with Crippen LogP contribution in [-0.2, 0) is 0 Å². The molecule has 1 aromatic heterocycles. The minimum absolute atomic E-state index is 0.477. The summed E-state index contributed by atoms with van der Waals surface area (Å²) in [5, 5.41) is 10.0. The van der Waals surface area contributed by atoms with Gasteiger partial charge in [0.25, 0.3) is 0 Å². The fraction of sp³-hybridized carbons (Fsp3) is 0.375. The van der Waals surface area contributed by atoms with Crippen molar-refractivity contribution >= 4 is 0 Å². The quantitative estimate of drug-likeness (QED) is 0.740. The van der Waals surface area contributed by atoms with Crippen LogP contribution in [0, 0.1) is 6.92 Å². The number of nitrogens with one attached hydrogen (secondary N) is 1. The SMILES string of the molecule is C=C/C=C\C(=C/C)CC(O)c1ccc(C)[nH]1.CC. The van der Waals surface area contributed by atoms with E-state index in [1.807, 2.05) is 58.1 Å². The van der Waals surface area contributed by atoms with Gasteiger partial charge in [-0.3, -0.25) is 0 Å². The molecule has 0 bridgehead atoms. The number of aliphatic hydroxyl groups excluding tert-OH is 1. The first-order chi connectivity index (χ1) is 8.67. The van der Waals surface area contributed by atoms with Gasteiger partial charge in [-0.15, -0.1) is 0 Å². The summed E-state index contributed by atoms with van der Waals surface area (Å²) in [5.74, 6) is 0. The number of aryl methyl sites for hydroxylation is 1. The van der Waals surface area contributed by atoms with Gasteiger partial charge in [-0.25, -0.2) is 0 Å². The van der Waals surface area contributed by atoms with Crippen molar-refractivity contribution in [1.29, 1.82) is 0 Å². The Labute approximate surface area is 111 Å². The molecule has 2 heteroatoms. The topological polar surface area (TPSA) is 36.0 Å². The lowest BCUT2D eigenvalue weighted by molar-refractivity contribution is 0.175. The number of hydrogen-bond acceptors (Lipinski definition) is 1. The van der Waals surface area contributed by atoms with Crippen LogP contribution in [0.1, 0.15) is 44.7 Å². The van der Waals surface area contributed by atoms with E-state index < -0.39 is 6.10 Å². The van der Waals surface area contributed by atoms with Gasteiger partial charge in [0.2, 0.25) is 0 Å². The summed E-state index contributed by atoms with van der Waals surface area (Å²) in [7, 11) is 0. The molecule has 0 spiro atoms. The fourth-order valence-corrected chi connectivity index (χ4v) is 1.53. The third-order valence-corrected chi connectivity index (χ3v) is 2.46. The van der Waals surface area contributed by atoms with E-state index in [-0.39, 0.29) is 0 Å². The highest BCUT2D eigenvalue weighted by Gasteiger charge is 2.09. The van der Waals surface area contributed by atoms with Crippen LogP contribution in [0.2, 0.25) is 0 Å². The van der Waals surface area contributed by atoms with E-state index >= 15 is 0 Å². The standard InChI is InChI=1S/C14H19NO.C2H6/c1-4-6-7-12(5-2)10-14(16)13-9-8-11(3)15-13;1-2/h4-9,14-16H,1,10H2,2-3H3;1-2H3/b7-6-,12-5+;. The van der Waals surface area contributed by atoms with Crippen LogP contribution in [0.15, 0.2) is 48.6 Å². The molecule has 2 N–H and O–H groups in total. The van der Waals surface area contributed by atoms with Crippen LogP contribution in [0.25, 0.3) is 0 Å². The number of H-pyrrole nitrogens is 1. The Morgan fingerprint density at radius 1 is 1.44 bits per heavy atom. The van der Waals surface area contributed by atoms with Crippen LogP contribution < -0.4 is 0 Å². The molecule has 0 saturated heterocycles. The Bertz CT molecular complexity index is 399. The molecule has 0 saturated carbocycles. The fourth-order valence-electron chi connectivity index (χ4n) is 1.53. The number of allylic oxidation sites excluding steroid dienone is 4. The van der Waals surface area contributed by atoms with Gasteiger partial charge in [-0.2, -0.15) is 0 Å². The number of rotatable bonds is 5. The second kappa shape index (κ2) is 9.49. The van der Waals surface area contributed by atoms with E-state index in [0.717, 1.165) is 17.0 Å². The summed E-state index contributed by atoms with van der Waals surface area (Å²) < 4.78 is 0. The molecule has 1 heterocycles. The lowest BCUT2D eigenvalue weighted by Gasteiger charge is -2.09. The van der Waals surface area contributed by atoms with Crippen molar-refractivity contribution < 1.29 is 5.11 Å². The number of aromatic nitrogens is 1. The molecule has 0 aliphatic heterocycles. The van der Waals surface area contributed by atoms with Crippen LogP contribution in [0.4, 0.5) is 0 Å². The van der Waals surface area contributed by atoms with Gasteiger partial charge >= 0.3 is 0 Å². The minimum atomic E-state index is -0.477. The van der Waals surface area contributed by atoms with Crippen molar-refractivity contribution in [2.24, 2.45) is 0 Å². The highest BCUT2D eigenvalue weighted by atomic mass is 16.3. The molecule has 18 heavy (non-hydrogen) atoms. The third-order valence-electron chi connectivity index (χ3n) is 2.46. The number of hydrogen-bond donors (Lipinski definition) is 2. The van der Waals surface area contributed by atoms with Crippen molar-refractivity contribution in [3.8, 4) is 0 Å². The Kier molecular flexibility index (Phi) is 8.67. The van der Waals surface area contributed by atoms with Gasteiger partial charge in [-0.1, -0.05) is 44.7 Å². The lowest BCUT2D eigenvalue weighted by atomic mass is 10.1. The Balaban J connectivity index is 0.00000137. The Hall–Kier alpha value is -1.54. The molecular weight excluding hydrogens is 222 g/mol. The third kappa shape index (κ3) is 5.69. The zero-order valence-electron chi connectivity index (χ0n) is 11.9. The maximum Gasteiger partial charge on any atom is 0.0977 e. The summed E-state index contributed by atoms with van der Waals surface area (Å²) in [6.45, 7) is 11.6. The molecule has 0 radical (unpaired) electrons. The first-order valence-corrected chi connectivity index (χ1v) is 6.45. The van der Waals surface area contributed by atoms with E-state index in [4.69, 9.17) is 0 Å². The first-order valence-electron chi connectivity index (χ1n) is 6.45. The molecule has 0 amide bonds. The van der Waals surface area contributed by atoms with E-state index in [1.54, 1.807) is 6.08 Å². The second-order valence-corrected chi connectivity index (χ2v) is 3.78. The van der Waals surface area contributed by atoms with Crippen molar-refractivity contribution in [2.75, 3.05) is 0 Å². The summed E-state index contributed by atoms with van der Waals surface area (Å²) in [4.78, 5) is 3.14. The van der Waals surface area contributed by atoms with Crippen molar-refractivity contribution in [1.82, 2.24) is 4.98 Å². The highest BCUT2D eigenvalue weighted by Crippen LogP contribution is 2.21. The molecule has 1 aromatic rings. The average molecular weight is 247 g/mol. The molecule has 100 valence electrons. The number of aromatic amines is 1. The van der Waals surface area contributed by atoms with Crippen LogP contribution in [0.5, 0.6) is 0 Å². The average Bonchev–Trinajstić information content (AvgIpc) is 2.83. The lowest BCUT2D eigenvalue weighted by Crippen LogP contribution is -1.99. The summed E-state index contributed by atoms with van der Waals surface area (Å²) in [6.07, 6.45) is 7.71. The molecule has 1 atom stereocenters. The maximum atomic E-state index is 10.0. The minimum Gasteiger partial charge on any atom is -0.387 e. The second-order valence-electron chi connectivity index (χ2n) is 3.78. The van der Waals surface area contributed by atoms with Gasteiger partial charge in [0.1, 0.15) is 0 Å². The Morgan fingerprint density at radius 3 is 2.56 bits per heavy atom. The maximum absolute atomic E-state index is 10.0. The van der Waals surface area contributed by atoms with E-state index in [9.17, 15) is 5.11 Å². The largest absolute Gasteiger partial charge is 0.387 e. The van der Waals surface area contributed by atoms with Crippen LogP contribution in [0.3, 0.4) is 0 Å². The van der Waals surface area contributed by atoms with Gasteiger partial charge in [0.05, 0.1) is 6.10 Å². The van der Waals surface area contributed by atoms with Gasteiger partial charge in [0, 0.05) is 17.8 Å². The van der Waals surface area contributed by atoms with E-state index in [2.05, 4.69) is 11.6 Å². The van der Waals surface area contributed by atoms with Gasteiger partial charge in [-0.05, 0) is 31.6 Å². The smallest absolute Gasteiger partial charge is 0.0977 e. The molecule has 0 fully saturated rings. The molecule has 1 rings (SSSR count). The first kappa shape index (κ1) is 16.5. The van der Waals surface area contributed by atoms with Crippen molar-refractivity contribution in [3.63, 3.8) is 0 Å². The molecule has 2 nitrogen and oxygen atoms in total. The summed E-state index contributed by atoms with van der Waals surface area (Å²) in [6, 6.07) is 3.89. The normalized spacial score (nSPS) is 13.1. The molecule has 0 aromatic carbocycles. The highest BCUT2D eigenvalue weighted by molar-refractivity contribution is 5.24. The monoisotopic (exact) mass is 247 g/mol. The predicted molar refractivity (Wildman–Crippen MR) is 79.5 cm³/mol. The van der Waals surface area contributed by atoms with Gasteiger partial charge < -0.3 is 10.1 Å².